The maximum absolute atomic E-state index is 3.76. The van der Waals surface area contributed by atoms with Crippen molar-refractivity contribution >= 4 is 44.9 Å². The third-order valence-electron chi connectivity index (χ3n) is 4.21. The largest absolute Gasteiger partial charge is 0.309 e. The zero-order valence-corrected chi connectivity index (χ0v) is 15.3. The van der Waals surface area contributed by atoms with E-state index < -0.39 is 0 Å². The van der Waals surface area contributed by atoms with Crippen LogP contribution < -0.4 is 5.32 Å². The minimum absolute atomic E-state index is 0.463. The number of rotatable bonds is 4. The molecule has 1 fully saturated rings. The lowest BCUT2D eigenvalue weighted by molar-refractivity contribution is 0.551. The van der Waals surface area contributed by atoms with Gasteiger partial charge in [-0.25, -0.2) is 0 Å². The summed E-state index contributed by atoms with van der Waals surface area (Å²) in [5, 5.41) is 9.52. The monoisotopic (exact) mass is 337 g/mol. The van der Waals surface area contributed by atoms with E-state index in [2.05, 4.69) is 79.3 Å². The van der Waals surface area contributed by atoms with Gasteiger partial charge in [-0.05, 0) is 28.9 Å². The molecule has 4 atom stereocenters. The summed E-state index contributed by atoms with van der Waals surface area (Å²) in [5.41, 5.74) is 1.49. The Hall–Kier alpha value is -0.160. The van der Waals surface area contributed by atoms with E-state index in [0.717, 1.165) is 17.0 Å². The highest BCUT2D eigenvalue weighted by molar-refractivity contribution is 8.07. The van der Waals surface area contributed by atoms with Crippen LogP contribution in [0.2, 0.25) is 0 Å². The van der Waals surface area contributed by atoms with Crippen LogP contribution >= 0.6 is 34.9 Å². The molecule has 0 amide bonds. The second-order valence-electron chi connectivity index (χ2n) is 5.64. The zero-order chi connectivity index (χ0) is 14.8. The average Bonchev–Trinajstić information content (AvgIpc) is 2.96. The van der Waals surface area contributed by atoms with E-state index in [1.807, 2.05) is 11.3 Å². The van der Waals surface area contributed by atoms with E-state index in [0.29, 0.717) is 11.3 Å². The highest BCUT2D eigenvalue weighted by Gasteiger charge is 2.32. The molecule has 4 heteroatoms. The standard InChI is InChI=1S/C17H23NS3/c1-4-18-16(15-10-20-11(2)12(3)21-15)14-7-5-6-13-8-9-19-17(13)14/h5-9,11-12,15-16,18H,4,10H2,1-3H3. The summed E-state index contributed by atoms with van der Waals surface area (Å²) in [6.45, 7) is 7.98. The maximum atomic E-state index is 3.76. The van der Waals surface area contributed by atoms with E-state index in [4.69, 9.17) is 0 Å². The summed E-state index contributed by atoms with van der Waals surface area (Å²) >= 11 is 6.18. The molecular weight excluding hydrogens is 314 g/mol. The highest BCUT2D eigenvalue weighted by atomic mass is 32.2. The van der Waals surface area contributed by atoms with Crippen molar-refractivity contribution in [2.24, 2.45) is 0 Å². The minimum Gasteiger partial charge on any atom is -0.309 e. The Balaban J connectivity index is 1.92. The summed E-state index contributed by atoms with van der Waals surface area (Å²) < 4.78 is 1.46. The van der Waals surface area contributed by atoms with Crippen LogP contribution in [0.1, 0.15) is 32.4 Å². The summed E-state index contributed by atoms with van der Waals surface area (Å²) in [4.78, 5) is 0. The Morgan fingerprint density at radius 3 is 2.86 bits per heavy atom. The number of benzene rings is 1. The lowest BCUT2D eigenvalue weighted by Gasteiger charge is -2.36. The quantitative estimate of drug-likeness (QED) is 0.826. The first-order valence-electron chi connectivity index (χ1n) is 7.67. The van der Waals surface area contributed by atoms with E-state index in [9.17, 15) is 0 Å². The molecule has 0 spiro atoms. The van der Waals surface area contributed by atoms with E-state index in [-0.39, 0.29) is 0 Å². The summed E-state index contributed by atoms with van der Waals surface area (Å²) in [5.74, 6) is 1.25. The van der Waals surface area contributed by atoms with E-state index in [1.165, 1.54) is 21.4 Å². The number of thiophene rings is 1. The van der Waals surface area contributed by atoms with Gasteiger partial charge in [0.25, 0.3) is 0 Å². The molecule has 0 bridgehead atoms. The van der Waals surface area contributed by atoms with Gasteiger partial charge in [0.1, 0.15) is 0 Å². The lowest BCUT2D eigenvalue weighted by Crippen LogP contribution is -2.37. The molecule has 3 rings (SSSR count). The topological polar surface area (TPSA) is 12.0 Å². The fourth-order valence-electron chi connectivity index (χ4n) is 2.91. The summed E-state index contributed by atoms with van der Waals surface area (Å²) in [6, 6.07) is 9.46. The normalized spacial score (nSPS) is 27.9. The average molecular weight is 338 g/mol. The van der Waals surface area contributed by atoms with Gasteiger partial charge in [0.15, 0.2) is 0 Å². The van der Waals surface area contributed by atoms with Gasteiger partial charge in [-0.2, -0.15) is 23.5 Å². The molecular formula is C17H23NS3. The molecule has 21 heavy (non-hydrogen) atoms. The molecule has 2 heterocycles. The van der Waals surface area contributed by atoms with Crippen molar-refractivity contribution in [2.45, 2.75) is 42.6 Å². The molecule has 1 aliphatic heterocycles. The van der Waals surface area contributed by atoms with Crippen molar-refractivity contribution in [3.8, 4) is 0 Å². The minimum atomic E-state index is 0.463. The van der Waals surface area contributed by atoms with Crippen LogP contribution in [0.3, 0.4) is 0 Å². The first kappa shape index (κ1) is 15.7. The summed E-state index contributed by atoms with van der Waals surface area (Å²) in [6.07, 6.45) is 0. The van der Waals surface area contributed by atoms with Gasteiger partial charge in [0, 0.05) is 32.2 Å². The molecule has 1 N–H and O–H groups in total. The maximum Gasteiger partial charge on any atom is 0.0462 e. The van der Waals surface area contributed by atoms with Crippen molar-refractivity contribution in [1.82, 2.24) is 5.32 Å². The molecule has 1 aromatic heterocycles. The Kier molecular flexibility index (Phi) is 5.20. The molecule has 114 valence electrons. The summed E-state index contributed by atoms with van der Waals surface area (Å²) in [7, 11) is 0. The van der Waals surface area contributed by atoms with Crippen molar-refractivity contribution in [2.75, 3.05) is 12.3 Å². The molecule has 1 aliphatic rings. The third-order valence-corrected chi connectivity index (χ3v) is 8.69. The van der Waals surface area contributed by atoms with Gasteiger partial charge in [0.2, 0.25) is 0 Å². The van der Waals surface area contributed by atoms with Crippen molar-refractivity contribution < 1.29 is 0 Å². The Labute approximate surface area is 140 Å². The van der Waals surface area contributed by atoms with Crippen molar-refractivity contribution in [1.29, 1.82) is 0 Å². The van der Waals surface area contributed by atoms with Gasteiger partial charge >= 0.3 is 0 Å². The second-order valence-corrected chi connectivity index (χ2v) is 9.59. The number of fused-ring (bicyclic) bond motifs is 1. The van der Waals surface area contributed by atoms with Crippen molar-refractivity contribution in [3.05, 3.63) is 35.2 Å². The van der Waals surface area contributed by atoms with E-state index >= 15 is 0 Å². The Morgan fingerprint density at radius 2 is 2.10 bits per heavy atom. The van der Waals surface area contributed by atoms with Crippen LogP contribution in [0.25, 0.3) is 10.1 Å². The number of nitrogens with one attached hydrogen (secondary N) is 1. The predicted molar refractivity (Wildman–Crippen MR) is 101 cm³/mol. The smallest absolute Gasteiger partial charge is 0.0462 e. The van der Waals surface area contributed by atoms with E-state index in [1.54, 1.807) is 0 Å². The second kappa shape index (κ2) is 6.95. The molecule has 1 nitrogen and oxygen atoms in total. The zero-order valence-electron chi connectivity index (χ0n) is 12.8. The SMILES string of the molecule is CCNC(c1cccc2ccsc12)C1CSC(C)C(C)S1. The fourth-order valence-corrected chi connectivity index (χ4v) is 6.97. The highest BCUT2D eigenvalue weighted by Crippen LogP contribution is 2.42. The van der Waals surface area contributed by atoms with Gasteiger partial charge in [-0.3, -0.25) is 0 Å². The third kappa shape index (κ3) is 3.29. The number of hydrogen-bond acceptors (Lipinski definition) is 4. The van der Waals surface area contributed by atoms with Crippen LogP contribution in [0.5, 0.6) is 0 Å². The fraction of sp³-hybridized carbons (Fsp3) is 0.529. The molecule has 2 aromatic rings. The molecule has 4 unspecified atom stereocenters. The molecule has 0 aliphatic carbocycles. The lowest BCUT2D eigenvalue weighted by atomic mass is 10.0. The van der Waals surface area contributed by atoms with Gasteiger partial charge in [-0.1, -0.05) is 39.0 Å². The van der Waals surface area contributed by atoms with Crippen LogP contribution in [0, 0.1) is 0 Å². The molecule has 1 aromatic carbocycles. The molecule has 0 saturated carbocycles. The first-order valence-corrected chi connectivity index (χ1v) is 10.5. The van der Waals surface area contributed by atoms with Gasteiger partial charge < -0.3 is 5.32 Å². The van der Waals surface area contributed by atoms with Crippen LogP contribution in [-0.4, -0.2) is 28.0 Å². The molecule has 0 radical (unpaired) electrons. The van der Waals surface area contributed by atoms with Gasteiger partial charge in [0.05, 0.1) is 0 Å². The number of hydrogen-bond donors (Lipinski definition) is 1. The molecule has 1 saturated heterocycles. The van der Waals surface area contributed by atoms with Crippen molar-refractivity contribution in [3.63, 3.8) is 0 Å². The number of thioether (sulfide) groups is 2. The van der Waals surface area contributed by atoms with Crippen LogP contribution in [0.15, 0.2) is 29.6 Å². The Bertz CT molecular complexity index is 594. The Morgan fingerprint density at radius 1 is 1.24 bits per heavy atom. The van der Waals surface area contributed by atoms with Crippen LogP contribution in [-0.2, 0) is 0 Å². The first-order chi connectivity index (χ1) is 10.2. The van der Waals surface area contributed by atoms with Gasteiger partial charge in [-0.15, -0.1) is 11.3 Å². The predicted octanol–water partition coefficient (Wildman–Crippen LogP) is 5.18. The van der Waals surface area contributed by atoms with Crippen LogP contribution in [0.4, 0.5) is 0 Å².